The molecule has 3 aromatic rings. The first-order valence-electron chi connectivity index (χ1n) is 10.4. The number of carbonyl (C=O) groups is 3. The molecule has 1 aliphatic heterocycles. The zero-order valence-electron chi connectivity index (χ0n) is 18.5. The number of nitrogens with zero attached hydrogens (tertiary/aromatic N) is 1. The van der Waals surface area contributed by atoms with Crippen molar-refractivity contribution in [3.63, 3.8) is 0 Å². The first-order chi connectivity index (χ1) is 16.4. The molecule has 7 nitrogen and oxygen atoms in total. The Balaban J connectivity index is 1.66. The van der Waals surface area contributed by atoms with Gasteiger partial charge in [-0.15, -0.1) is 0 Å². The Morgan fingerprint density at radius 1 is 1.00 bits per heavy atom. The van der Waals surface area contributed by atoms with E-state index in [1.54, 1.807) is 36.4 Å². The topological polar surface area (TPSA) is 84.9 Å². The maximum absolute atomic E-state index is 13.2. The van der Waals surface area contributed by atoms with Crippen LogP contribution in [0.2, 0.25) is 0 Å². The molecule has 1 heterocycles. The Morgan fingerprint density at radius 3 is 2.47 bits per heavy atom. The molecule has 0 aliphatic carbocycles. The highest BCUT2D eigenvalue weighted by Crippen LogP contribution is 2.29. The van der Waals surface area contributed by atoms with E-state index in [0.29, 0.717) is 29.4 Å². The van der Waals surface area contributed by atoms with Crippen LogP contribution in [0.3, 0.4) is 0 Å². The van der Waals surface area contributed by atoms with Crippen LogP contribution < -0.4 is 19.7 Å². The van der Waals surface area contributed by atoms with E-state index in [9.17, 15) is 14.4 Å². The van der Waals surface area contributed by atoms with Gasteiger partial charge in [-0.25, -0.2) is 9.69 Å². The number of methoxy groups -OCH3 is 1. The van der Waals surface area contributed by atoms with Gasteiger partial charge < -0.3 is 9.47 Å². The lowest BCUT2D eigenvalue weighted by Crippen LogP contribution is -2.54. The van der Waals surface area contributed by atoms with Crippen LogP contribution in [0.1, 0.15) is 16.7 Å². The summed E-state index contributed by atoms with van der Waals surface area (Å²) in [6.07, 6.45) is 1.43. The Morgan fingerprint density at radius 2 is 1.76 bits per heavy atom. The number of hydrogen-bond donors (Lipinski definition) is 1. The number of nitrogens with one attached hydrogen (secondary N) is 1. The molecule has 0 unspecified atom stereocenters. The van der Waals surface area contributed by atoms with Crippen LogP contribution in [-0.2, 0) is 16.2 Å². The molecule has 0 radical (unpaired) electrons. The minimum atomic E-state index is -0.817. The van der Waals surface area contributed by atoms with Gasteiger partial charge in [0.25, 0.3) is 11.8 Å². The summed E-state index contributed by atoms with van der Waals surface area (Å²) < 4.78 is 11.9. The minimum absolute atomic E-state index is 0.186. The van der Waals surface area contributed by atoms with E-state index in [2.05, 4.69) is 21.2 Å². The molecule has 172 valence electrons. The Kier molecular flexibility index (Phi) is 6.79. The summed E-state index contributed by atoms with van der Waals surface area (Å²) in [7, 11) is 1.52. The van der Waals surface area contributed by atoms with E-state index in [0.717, 1.165) is 20.5 Å². The van der Waals surface area contributed by atoms with Crippen molar-refractivity contribution in [2.75, 3.05) is 12.0 Å². The molecule has 0 bridgehead atoms. The number of anilines is 1. The van der Waals surface area contributed by atoms with Crippen molar-refractivity contribution in [2.45, 2.75) is 13.5 Å². The fraction of sp³-hybridized carbons (Fsp3) is 0.115. The summed E-state index contributed by atoms with van der Waals surface area (Å²) in [5.41, 5.74) is 2.75. The SMILES string of the molecule is COc1ccc(N2C(=O)NC(=O)/C(=C\c3cc(Br)ccc3OCc3cccc(C)c3)C2=O)cc1. The fourth-order valence-corrected chi connectivity index (χ4v) is 3.88. The molecule has 1 aliphatic rings. The van der Waals surface area contributed by atoms with Gasteiger partial charge in [-0.05, 0) is 61.0 Å². The highest BCUT2D eigenvalue weighted by atomic mass is 79.9. The highest BCUT2D eigenvalue weighted by Gasteiger charge is 2.37. The molecule has 1 N–H and O–H groups in total. The van der Waals surface area contributed by atoms with Gasteiger partial charge in [0.2, 0.25) is 0 Å². The minimum Gasteiger partial charge on any atom is -0.497 e. The number of hydrogen-bond acceptors (Lipinski definition) is 5. The predicted molar refractivity (Wildman–Crippen MR) is 132 cm³/mol. The number of halogens is 1. The molecule has 0 aromatic heterocycles. The van der Waals surface area contributed by atoms with Crippen molar-refractivity contribution in [1.82, 2.24) is 5.32 Å². The fourth-order valence-electron chi connectivity index (χ4n) is 3.51. The number of amides is 4. The quantitative estimate of drug-likeness (QED) is 0.364. The molecule has 4 amide bonds. The molecule has 4 rings (SSSR count). The monoisotopic (exact) mass is 520 g/mol. The van der Waals surface area contributed by atoms with Crippen LogP contribution in [-0.4, -0.2) is 25.0 Å². The molecular formula is C26H21BrN2O5. The zero-order valence-corrected chi connectivity index (χ0v) is 20.1. The van der Waals surface area contributed by atoms with Crippen molar-refractivity contribution >= 4 is 45.5 Å². The van der Waals surface area contributed by atoms with Crippen LogP contribution in [0.15, 0.2) is 76.8 Å². The van der Waals surface area contributed by atoms with Crippen molar-refractivity contribution in [1.29, 1.82) is 0 Å². The zero-order chi connectivity index (χ0) is 24.2. The highest BCUT2D eigenvalue weighted by molar-refractivity contribution is 9.10. The molecule has 8 heteroatoms. The lowest BCUT2D eigenvalue weighted by atomic mass is 10.1. The van der Waals surface area contributed by atoms with E-state index in [1.165, 1.54) is 13.2 Å². The van der Waals surface area contributed by atoms with Gasteiger partial charge in [0.15, 0.2) is 0 Å². The number of rotatable bonds is 6. The molecule has 1 saturated heterocycles. The Bertz CT molecular complexity index is 1300. The Labute approximate surface area is 205 Å². The molecule has 34 heavy (non-hydrogen) atoms. The maximum Gasteiger partial charge on any atom is 0.335 e. The third-order valence-corrected chi connectivity index (χ3v) is 5.67. The smallest absolute Gasteiger partial charge is 0.335 e. The van der Waals surface area contributed by atoms with Crippen LogP contribution in [0, 0.1) is 6.92 Å². The predicted octanol–water partition coefficient (Wildman–Crippen LogP) is 5.01. The van der Waals surface area contributed by atoms with Crippen LogP contribution in [0.4, 0.5) is 10.5 Å². The Hall–Kier alpha value is -3.91. The number of aryl methyl sites for hydroxylation is 1. The van der Waals surface area contributed by atoms with Crippen molar-refractivity contribution in [3.8, 4) is 11.5 Å². The average molecular weight is 521 g/mol. The summed E-state index contributed by atoms with van der Waals surface area (Å²) in [6, 6.07) is 18.8. The summed E-state index contributed by atoms with van der Waals surface area (Å²) in [5, 5.41) is 2.23. The van der Waals surface area contributed by atoms with Gasteiger partial charge in [0.1, 0.15) is 23.7 Å². The number of ether oxygens (including phenoxy) is 2. The number of benzene rings is 3. The first kappa shape index (κ1) is 23.3. The summed E-state index contributed by atoms with van der Waals surface area (Å²) in [4.78, 5) is 39.2. The van der Waals surface area contributed by atoms with E-state index in [4.69, 9.17) is 9.47 Å². The summed E-state index contributed by atoms with van der Waals surface area (Å²) in [5.74, 6) is -0.441. The van der Waals surface area contributed by atoms with Crippen molar-refractivity contribution in [2.24, 2.45) is 0 Å². The normalized spacial score (nSPS) is 14.9. The number of barbiturate groups is 1. The number of urea groups is 1. The third-order valence-electron chi connectivity index (χ3n) is 5.18. The van der Waals surface area contributed by atoms with Gasteiger partial charge in [0.05, 0.1) is 12.8 Å². The van der Waals surface area contributed by atoms with Crippen LogP contribution in [0.5, 0.6) is 11.5 Å². The third kappa shape index (κ3) is 5.02. The molecule has 1 fully saturated rings. The second-order valence-corrected chi connectivity index (χ2v) is 8.53. The van der Waals surface area contributed by atoms with Crippen LogP contribution in [0.25, 0.3) is 6.08 Å². The summed E-state index contributed by atoms with van der Waals surface area (Å²) in [6.45, 7) is 2.32. The molecule has 3 aromatic carbocycles. The van der Waals surface area contributed by atoms with Crippen molar-refractivity contribution in [3.05, 3.63) is 93.5 Å². The largest absolute Gasteiger partial charge is 0.497 e. The molecule has 0 spiro atoms. The van der Waals surface area contributed by atoms with Gasteiger partial charge >= 0.3 is 6.03 Å². The average Bonchev–Trinajstić information content (AvgIpc) is 2.81. The van der Waals surface area contributed by atoms with E-state index in [1.807, 2.05) is 37.3 Å². The second-order valence-electron chi connectivity index (χ2n) is 7.62. The van der Waals surface area contributed by atoms with E-state index in [-0.39, 0.29) is 5.57 Å². The van der Waals surface area contributed by atoms with Gasteiger partial charge in [-0.2, -0.15) is 0 Å². The maximum atomic E-state index is 13.2. The van der Waals surface area contributed by atoms with E-state index < -0.39 is 17.8 Å². The van der Waals surface area contributed by atoms with Gasteiger partial charge in [-0.1, -0.05) is 45.8 Å². The number of carbonyl (C=O) groups excluding carboxylic acids is 3. The molecular weight excluding hydrogens is 500 g/mol. The molecule has 0 atom stereocenters. The van der Waals surface area contributed by atoms with Gasteiger partial charge in [-0.3, -0.25) is 14.9 Å². The first-order valence-corrected chi connectivity index (χ1v) is 11.2. The summed E-state index contributed by atoms with van der Waals surface area (Å²) >= 11 is 3.42. The second kappa shape index (κ2) is 9.93. The van der Waals surface area contributed by atoms with Crippen molar-refractivity contribution < 1.29 is 23.9 Å². The van der Waals surface area contributed by atoms with Crippen LogP contribution >= 0.6 is 15.9 Å². The number of imide groups is 2. The lowest BCUT2D eigenvalue weighted by Gasteiger charge is -2.26. The lowest BCUT2D eigenvalue weighted by molar-refractivity contribution is -0.122. The molecule has 0 saturated carbocycles. The van der Waals surface area contributed by atoms with Gasteiger partial charge in [0, 0.05) is 10.0 Å². The standard InChI is InChI=1S/C26H21BrN2O5/c1-16-4-3-5-17(12-16)15-34-23-11-6-19(27)13-18(23)14-22-24(30)28-26(32)29(25(22)31)20-7-9-21(33-2)10-8-20/h3-14H,15H2,1-2H3,(H,28,30,32)/b22-14+. The van der Waals surface area contributed by atoms with E-state index >= 15 is 0 Å².